The largest absolute Gasteiger partial charge is 0.289 e. The molecule has 0 aromatic carbocycles. The Balaban J connectivity index is 2.76. The first kappa shape index (κ1) is 11.6. The summed E-state index contributed by atoms with van der Waals surface area (Å²) in [5.41, 5.74) is 0. The van der Waals surface area contributed by atoms with Gasteiger partial charge >= 0.3 is 0 Å². The lowest BCUT2D eigenvalue weighted by molar-refractivity contribution is 1.46. The first-order chi connectivity index (χ1) is 6.77. The zero-order valence-electron chi connectivity index (χ0n) is 6.85. The van der Waals surface area contributed by atoms with E-state index in [4.69, 9.17) is 10.5 Å². The molecule has 0 amide bonds. The van der Waals surface area contributed by atoms with E-state index in [0.29, 0.717) is 11.5 Å². The Labute approximate surface area is 97.4 Å². The fraction of sp³-hybridized carbons (Fsp3) is 0.286. The molecule has 0 bridgehead atoms. The second-order valence-corrected chi connectivity index (χ2v) is 6.64. The fourth-order valence-electron chi connectivity index (χ4n) is 0.628. The van der Waals surface area contributed by atoms with Crippen LogP contribution in [0.15, 0.2) is 13.2 Å². The molecule has 14 heavy (non-hydrogen) atoms. The van der Waals surface area contributed by atoms with Crippen LogP contribution in [0.5, 0.6) is 0 Å². The van der Waals surface area contributed by atoms with E-state index >= 15 is 0 Å². The molecule has 7 heteroatoms. The summed E-state index contributed by atoms with van der Waals surface area (Å²) in [5.74, 6) is 0.680. The molecule has 0 fully saturated rings. The Bertz CT molecular complexity index is 397. The Morgan fingerprint density at radius 1 is 1.07 bits per heavy atom. The molecule has 1 aromatic rings. The van der Waals surface area contributed by atoms with Gasteiger partial charge in [-0.15, -0.1) is 0 Å². The van der Waals surface area contributed by atoms with E-state index in [0.717, 1.165) is 31.1 Å². The fourth-order valence-corrected chi connectivity index (χ4v) is 5.19. The van der Waals surface area contributed by atoms with Gasteiger partial charge < -0.3 is 0 Å². The van der Waals surface area contributed by atoms with E-state index in [-0.39, 0.29) is 4.06 Å². The van der Waals surface area contributed by atoms with Crippen LogP contribution in [0, 0.1) is 22.7 Å². The highest BCUT2D eigenvalue weighted by atomic mass is 32.2. The zero-order valence-corrected chi connectivity index (χ0v) is 10.1. The predicted molar refractivity (Wildman–Crippen MR) is 61.1 cm³/mol. The van der Waals surface area contributed by atoms with E-state index in [1.807, 2.05) is 12.1 Å². The van der Waals surface area contributed by atoms with E-state index in [2.05, 4.69) is 0 Å². The maximum absolute atomic E-state index is 11.1. The summed E-state index contributed by atoms with van der Waals surface area (Å²) < 4.78 is 1.74. The molecule has 0 aliphatic carbocycles. The van der Waals surface area contributed by atoms with Crippen molar-refractivity contribution in [1.82, 2.24) is 0 Å². The molecule has 0 spiro atoms. The molecule has 72 valence electrons. The maximum Gasteiger partial charge on any atom is 0.289 e. The third kappa shape index (κ3) is 3.35. The number of hydrogen-bond donors (Lipinski definition) is 0. The van der Waals surface area contributed by atoms with Gasteiger partial charge in [-0.25, -0.2) is 0 Å². The van der Waals surface area contributed by atoms with Crippen molar-refractivity contribution in [3.63, 3.8) is 0 Å². The second-order valence-electron chi connectivity index (χ2n) is 1.92. The molecule has 0 saturated heterocycles. The van der Waals surface area contributed by atoms with E-state index in [1.165, 1.54) is 23.5 Å². The van der Waals surface area contributed by atoms with Crippen molar-refractivity contribution in [2.24, 2.45) is 0 Å². The van der Waals surface area contributed by atoms with Gasteiger partial charge in [0.1, 0.15) is 0 Å². The van der Waals surface area contributed by atoms with Crippen molar-refractivity contribution in [3.8, 4) is 12.1 Å². The molecule has 0 aliphatic heterocycles. The van der Waals surface area contributed by atoms with Crippen LogP contribution >= 0.6 is 46.2 Å². The normalized spacial score (nSPS) is 9.29. The average Bonchev–Trinajstić information content (AvgIpc) is 2.52. The molecule has 0 N–H and O–H groups in total. The SMILES string of the molecule is N#CCSc1sc(=O)sc1SCC#N. The molecule has 0 saturated carbocycles. The number of nitrogens with zero attached hydrogens (tertiary/aromatic N) is 2. The Hall–Kier alpha value is -0.470. The molecule has 3 nitrogen and oxygen atoms in total. The summed E-state index contributed by atoms with van der Waals surface area (Å²) in [7, 11) is 0. The Kier molecular flexibility index (Phi) is 5.05. The van der Waals surface area contributed by atoms with Crippen molar-refractivity contribution in [1.29, 1.82) is 10.5 Å². The highest BCUT2D eigenvalue weighted by Gasteiger charge is 2.09. The van der Waals surface area contributed by atoms with Crippen molar-refractivity contribution in [2.75, 3.05) is 11.5 Å². The van der Waals surface area contributed by atoms with Gasteiger partial charge in [0.25, 0.3) is 4.06 Å². The van der Waals surface area contributed by atoms with Crippen LogP contribution in [0.2, 0.25) is 0 Å². The van der Waals surface area contributed by atoms with Gasteiger partial charge in [-0.1, -0.05) is 46.2 Å². The molecule has 0 unspecified atom stereocenters. The molecular weight excluding hydrogens is 256 g/mol. The summed E-state index contributed by atoms with van der Waals surface area (Å²) >= 11 is 5.01. The van der Waals surface area contributed by atoms with Crippen LogP contribution in [0.1, 0.15) is 0 Å². The Morgan fingerprint density at radius 3 is 1.86 bits per heavy atom. The van der Waals surface area contributed by atoms with Gasteiger partial charge in [-0.2, -0.15) is 10.5 Å². The van der Waals surface area contributed by atoms with Gasteiger partial charge in [0.2, 0.25) is 0 Å². The van der Waals surface area contributed by atoms with Crippen LogP contribution in [0.3, 0.4) is 0 Å². The summed E-state index contributed by atoms with van der Waals surface area (Å²) in [6, 6.07) is 4.01. The second kappa shape index (κ2) is 6.10. The third-order valence-corrected chi connectivity index (χ3v) is 5.87. The van der Waals surface area contributed by atoms with Crippen molar-refractivity contribution in [2.45, 2.75) is 8.42 Å². The third-order valence-electron chi connectivity index (χ3n) is 1.05. The standard InChI is InChI=1S/C7H4N2OS4/c8-1-3-11-5-6(12-4-2-9)14-7(10)13-5/h3-4H2. The summed E-state index contributed by atoms with van der Waals surface area (Å²) in [6.07, 6.45) is 0. The van der Waals surface area contributed by atoms with Crippen LogP contribution < -0.4 is 4.06 Å². The average molecular weight is 260 g/mol. The summed E-state index contributed by atoms with van der Waals surface area (Å²) in [4.78, 5) is 11.1. The monoisotopic (exact) mass is 260 g/mol. The molecular formula is C7H4N2OS4. The van der Waals surface area contributed by atoms with Gasteiger partial charge in [0.05, 0.1) is 32.1 Å². The van der Waals surface area contributed by atoms with Crippen LogP contribution in [-0.2, 0) is 0 Å². The lowest BCUT2D eigenvalue weighted by Gasteiger charge is -1.94. The first-order valence-corrected chi connectivity index (χ1v) is 7.01. The number of thioether (sulfide) groups is 2. The Morgan fingerprint density at radius 2 is 1.50 bits per heavy atom. The van der Waals surface area contributed by atoms with Gasteiger partial charge in [0, 0.05) is 0 Å². The highest BCUT2D eigenvalue weighted by Crippen LogP contribution is 2.35. The zero-order chi connectivity index (χ0) is 10.4. The van der Waals surface area contributed by atoms with Crippen molar-refractivity contribution < 1.29 is 0 Å². The van der Waals surface area contributed by atoms with Crippen LogP contribution in [-0.4, -0.2) is 11.5 Å². The minimum atomic E-state index is 0.0193. The predicted octanol–water partition coefficient (Wildman–Crippen LogP) is 2.40. The quantitative estimate of drug-likeness (QED) is 0.778. The first-order valence-electron chi connectivity index (χ1n) is 3.41. The van der Waals surface area contributed by atoms with Crippen molar-refractivity contribution >= 4 is 46.2 Å². The minimum Gasteiger partial charge on any atom is -0.265 e. The minimum absolute atomic E-state index is 0.0193. The van der Waals surface area contributed by atoms with Gasteiger partial charge in [-0.05, 0) is 0 Å². The lowest BCUT2D eigenvalue weighted by atomic mass is 10.9. The van der Waals surface area contributed by atoms with Crippen LogP contribution in [0.25, 0.3) is 0 Å². The van der Waals surface area contributed by atoms with Gasteiger partial charge in [-0.3, -0.25) is 4.79 Å². The van der Waals surface area contributed by atoms with E-state index in [9.17, 15) is 4.79 Å². The van der Waals surface area contributed by atoms with Gasteiger partial charge in [0.15, 0.2) is 0 Å². The number of rotatable bonds is 4. The van der Waals surface area contributed by atoms with E-state index < -0.39 is 0 Å². The highest BCUT2D eigenvalue weighted by molar-refractivity contribution is 8.05. The van der Waals surface area contributed by atoms with Crippen molar-refractivity contribution in [3.05, 3.63) is 8.85 Å². The summed E-state index contributed by atoms with van der Waals surface area (Å²) in [5, 5.41) is 16.8. The summed E-state index contributed by atoms with van der Waals surface area (Å²) in [6.45, 7) is 0. The number of nitriles is 2. The molecule has 0 aliphatic rings. The lowest BCUT2D eigenvalue weighted by Crippen LogP contribution is -1.74. The molecule has 1 heterocycles. The molecule has 0 radical (unpaired) electrons. The molecule has 1 aromatic heterocycles. The van der Waals surface area contributed by atoms with Crippen LogP contribution in [0.4, 0.5) is 0 Å². The topological polar surface area (TPSA) is 64.7 Å². The smallest absolute Gasteiger partial charge is 0.265 e. The number of hydrogen-bond acceptors (Lipinski definition) is 7. The molecule has 0 atom stereocenters. The molecule has 1 rings (SSSR count). The van der Waals surface area contributed by atoms with E-state index in [1.54, 1.807) is 0 Å². The maximum atomic E-state index is 11.1.